The van der Waals surface area contributed by atoms with E-state index in [4.69, 9.17) is 0 Å². The van der Waals surface area contributed by atoms with Crippen molar-refractivity contribution in [3.63, 3.8) is 0 Å². The van der Waals surface area contributed by atoms with Gasteiger partial charge in [-0.15, -0.1) is 0 Å². The molecule has 0 aromatic heterocycles. The first-order valence-corrected chi connectivity index (χ1v) is 11.0. The molecular formula is C23H30F6O3. The number of alkyl halides is 6. The molecule has 0 aromatic rings. The monoisotopic (exact) mass is 468 g/mol. The molecule has 0 amide bonds. The fourth-order valence-electron chi connectivity index (χ4n) is 5.58. The average molecular weight is 468 g/mol. The van der Waals surface area contributed by atoms with Gasteiger partial charge in [0.25, 0.3) is 5.60 Å². The third-order valence-electron chi connectivity index (χ3n) is 7.48. The third-order valence-corrected chi connectivity index (χ3v) is 7.48. The Hall–Kier alpha value is -1.32. The first kappa shape index (κ1) is 25.3. The fraction of sp³-hybridized carbons (Fsp3) is 0.739. The van der Waals surface area contributed by atoms with Crippen LogP contribution in [0.4, 0.5) is 26.3 Å². The van der Waals surface area contributed by atoms with Crippen molar-refractivity contribution in [2.75, 3.05) is 0 Å². The molecule has 0 aromatic carbocycles. The Morgan fingerprint density at radius 3 is 2.19 bits per heavy atom. The lowest BCUT2D eigenvalue weighted by atomic mass is 9.63. The Balaban J connectivity index is 1.75. The lowest BCUT2D eigenvalue weighted by molar-refractivity contribution is -0.369. The summed E-state index contributed by atoms with van der Waals surface area (Å²) in [5.74, 6) is -0.0218. The summed E-state index contributed by atoms with van der Waals surface area (Å²) in [6, 6.07) is 0. The van der Waals surface area contributed by atoms with E-state index in [1.54, 1.807) is 6.08 Å². The normalized spacial score (nSPS) is 34.7. The summed E-state index contributed by atoms with van der Waals surface area (Å²) in [6.45, 7) is 1.88. The van der Waals surface area contributed by atoms with E-state index in [1.165, 1.54) is 0 Å². The SMILES string of the molecule is C[C@]12CCC/C(=C\C=C3\CC(O)C[C@H](O)C3)C1CC=C2CCC(O)(C(F)(F)F)C(F)(F)F. The molecule has 3 nitrogen and oxygen atoms in total. The molecule has 3 aliphatic carbocycles. The van der Waals surface area contributed by atoms with Crippen molar-refractivity contribution in [2.24, 2.45) is 11.3 Å². The first-order valence-electron chi connectivity index (χ1n) is 11.0. The van der Waals surface area contributed by atoms with Crippen LogP contribution in [0, 0.1) is 11.3 Å². The highest BCUT2D eigenvalue weighted by atomic mass is 19.4. The second kappa shape index (κ2) is 8.80. The fourth-order valence-corrected chi connectivity index (χ4v) is 5.58. The van der Waals surface area contributed by atoms with E-state index in [9.17, 15) is 41.7 Å². The predicted molar refractivity (Wildman–Crippen MR) is 106 cm³/mol. The van der Waals surface area contributed by atoms with Crippen molar-refractivity contribution in [1.29, 1.82) is 0 Å². The maximum Gasteiger partial charge on any atom is 0.426 e. The second-order valence-electron chi connectivity index (χ2n) is 9.66. The van der Waals surface area contributed by atoms with Crippen molar-refractivity contribution in [2.45, 2.75) is 94.9 Å². The predicted octanol–water partition coefficient (Wildman–Crippen LogP) is 5.52. The van der Waals surface area contributed by atoms with Crippen LogP contribution in [0.2, 0.25) is 0 Å². The lowest BCUT2D eigenvalue weighted by Gasteiger charge is -2.42. The van der Waals surface area contributed by atoms with Crippen LogP contribution in [0.25, 0.3) is 0 Å². The van der Waals surface area contributed by atoms with Crippen LogP contribution in [0.5, 0.6) is 0 Å². The summed E-state index contributed by atoms with van der Waals surface area (Å²) in [7, 11) is 0. The van der Waals surface area contributed by atoms with Gasteiger partial charge in [0.1, 0.15) is 0 Å². The summed E-state index contributed by atoms with van der Waals surface area (Å²) < 4.78 is 78.3. The van der Waals surface area contributed by atoms with Gasteiger partial charge < -0.3 is 15.3 Å². The number of fused-ring (bicyclic) bond motifs is 1. The molecule has 32 heavy (non-hydrogen) atoms. The number of rotatable bonds is 4. The molecule has 3 rings (SSSR count). The molecule has 4 atom stereocenters. The molecule has 2 fully saturated rings. The zero-order valence-corrected chi connectivity index (χ0v) is 17.9. The Morgan fingerprint density at radius 2 is 1.62 bits per heavy atom. The average Bonchev–Trinajstić information content (AvgIpc) is 2.98. The number of allylic oxidation sites excluding steroid dienone is 5. The van der Waals surface area contributed by atoms with Gasteiger partial charge in [0.05, 0.1) is 12.2 Å². The lowest BCUT2D eigenvalue weighted by Crippen LogP contribution is -2.56. The minimum Gasteiger partial charge on any atom is -0.393 e. The molecule has 9 heteroatoms. The number of hydrogen-bond donors (Lipinski definition) is 3. The van der Waals surface area contributed by atoms with Gasteiger partial charge >= 0.3 is 12.4 Å². The summed E-state index contributed by atoms with van der Waals surface area (Å²) >= 11 is 0. The van der Waals surface area contributed by atoms with Crippen LogP contribution in [-0.4, -0.2) is 45.5 Å². The molecule has 0 saturated heterocycles. The van der Waals surface area contributed by atoms with Crippen LogP contribution in [-0.2, 0) is 0 Å². The highest BCUT2D eigenvalue weighted by molar-refractivity contribution is 5.34. The molecule has 2 saturated carbocycles. The van der Waals surface area contributed by atoms with Crippen molar-refractivity contribution >= 4 is 0 Å². The minimum absolute atomic E-state index is 0.0218. The standard InChI is InChI=1S/C23H30F6O3/c1-20-9-2-3-15(5-4-14-11-17(30)13-18(31)12-14)19(20)7-6-16(20)8-10-21(32,22(24,25)26)23(27,28)29/h4-6,17-19,30-32H,2-3,7-13H2,1H3/b14-4-,15-5+/t17?,18-,19?,20-/m1/s1. The Kier molecular flexibility index (Phi) is 6.96. The van der Waals surface area contributed by atoms with Gasteiger partial charge in [-0.2, -0.15) is 26.3 Å². The van der Waals surface area contributed by atoms with E-state index in [2.05, 4.69) is 0 Å². The number of aliphatic hydroxyl groups excluding tert-OH is 2. The van der Waals surface area contributed by atoms with Gasteiger partial charge in [0, 0.05) is 0 Å². The van der Waals surface area contributed by atoms with Crippen LogP contribution in [0.1, 0.15) is 64.7 Å². The van der Waals surface area contributed by atoms with E-state index in [-0.39, 0.29) is 5.92 Å². The minimum atomic E-state index is -5.80. The van der Waals surface area contributed by atoms with E-state index >= 15 is 0 Å². The smallest absolute Gasteiger partial charge is 0.393 e. The van der Waals surface area contributed by atoms with Gasteiger partial charge in [0.15, 0.2) is 0 Å². The summed E-state index contributed by atoms with van der Waals surface area (Å²) in [5.41, 5.74) is -2.74. The van der Waals surface area contributed by atoms with Crippen LogP contribution >= 0.6 is 0 Å². The van der Waals surface area contributed by atoms with E-state index in [1.807, 2.05) is 19.1 Å². The molecule has 3 N–H and O–H groups in total. The van der Waals surface area contributed by atoms with Crippen molar-refractivity contribution < 1.29 is 41.7 Å². The molecule has 2 unspecified atom stereocenters. The highest BCUT2D eigenvalue weighted by Gasteiger charge is 2.69. The summed E-state index contributed by atoms with van der Waals surface area (Å²) in [6.07, 6.45) is -5.15. The maximum absolute atomic E-state index is 13.1. The largest absolute Gasteiger partial charge is 0.426 e. The van der Waals surface area contributed by atoms with E-state index in [0.29, 0.717) is 37.7 Å². The van der Waals surface area contributed by atoms with Gasteiger partial charge in [-0.1, -0.05) is 41.9 Å². The van der Waals surface area contributed by atoms with E-state index < -0.39 is 48.4 Å². The zero-order chi connectivity index (χ0) is 23.9. The Labute approximate surface area is 183 Å². The molecule has 0 aliphatic heterocycles. The van der Waals surface area contributed by atoms with Gasteiger partial charge in [-0.25, -0.2) is 0 Å². The first-order chi connectivity index (χ1) is 14.7. The quantitative estimate of drug-likeness (QED) is 0.376. The van der Waals surface area contributed by atoms with Crippen LogP contribution < -0.4 is 0 Å². The Bertz CT molecular complexity index is 769. The molecular weight excluding hydrogens is 438 g/mol. The molecule has 0 radical (unpaired) electrons. The topological polar surface area (TPSA) is 60.7 Å². The summed E-state index contributed by atoms with van der Waals surface area (Å²) in [4.78, 5) is 0. The summed E-state index contributed by atoms with van der Waals surface area (Å²) in [5, 5.41) is 29.2. The van der Waals surface area contributed by atoms with Crippen molar-refractivity contribution in [3.8, 4) is 0 Å². The van der Waals surface area contributed by atoms with Crippen LogP contribution in [0.3, 0.4) is 0 Å². The molecule has 0 heterocycles. The number of aliphatic hydroxyl groups is 3. The molecule has 0 bridgehead atoms. The van der Waals surface area contributed by atoms with E-state index in [0.717, 1.165) is 24.0 Å². The van der Waals surface area contributed by atoms with Gasteiger partial charge in [-0.05, 0) is 69.1 Å². The van der Waals surface area contributed by atoms with Crippen molar-refractivity contribution in [1.82, 2.24) is 0 Å². The van der Waals surface area contributed by atoms with Crippen molar-refractivity contribution in [3.05, 3.63) is 34.9 Å². The zero-order valence-electron chi connectivity index (χ0n) is 17.9. The maximum atomic E-state index is 13.1. The highest BCUT2D eigenvalue weighted by Crippen LogP contribution is 2.57. The number of halogens is 6. The second-order valence-corrected chi connectivity index (χ2v) is 9.66. The Morgan fingerprint density at radius 1 is 1.03 bits per heavy atom. The third kappa shape index (κ3) is 4.80. The van der Waals surface area contributed by atoms with Gasteiger partial charge in [-0.3, -0.25) is 0 Å². The molecule has 182 valence electrons. The molecule has 3 aliphatic rings. The van der Waals surface area contributed by atoms with Gasteiger partial charge in [0.2, 0.25) is 0 Å². The molecule has 0 spiro atoms. The number of hydrogen-bond acceptors (Lipinski definition) is 3. The van der Waals surface area contributed by atoms with Crippen LogP contribution in [0.15, 0.2) is 34.9 Å².